The molecule has 10 heteroatoms. The number of furan rings is 1. The largest absolute Gasteiger partial charge is 0.424 e. The van der Waals surface area contributed by atoms with Crippen LogP contribution in [0.15, 0.2) is 35.0 Å². The van der Waals surface area contributed by atoms with Crippen molar-refractivity contribution < 1.29 is 13.9 Å². The number of aromatic nitrogens is 5. The van der Waals surface area contributed by atoms with Gasteiger partial charge in [-0.25, -0.2) is 19.9 Å². The van der Waals surface area contributed by atoms with Gasteiger partial charge in [0.2, 0.25) is 0 Å². The van der Waals surface area contributed by atoms with Gasteiger partial charge in [0.05, 0.1) is 11.8 Å². The van der Waals surface area contributed by atoms with Crippen molar-refractivity contribution in [2.45, 2.75) is 38.6 Å². The van der Waals surface area contributed by atoms with Crippen LogP contribution in [0.4, 0.5) is 5.82 Å². The zero-order valence-electron chi connectivity index (χ0n) is 18.5. The molecule has 2 N–H and O–H groups in total. The Labute approximate surface area is 200 Å². The number of carbonyl (C=O) groups is 1. The Balaban J connectivity index is 1.44. The summed E-state index contributed by atoms with van der Waals surface area (Å²) in [7, 11) is 0. The zero-order valence-corrected chi connectivity index (χ0v) is 19.2. The molecule has 7 rings (SSSR count). The summed E-state index contributed by atoms with van der Waals surface area (Å²) in [5, 5.41) is 4.00. The maximum atomic E-state index is 10.7. The van der Waals surface area contributed by atoms with E-state index in [1.807, 2.05) is 6.07 Å². The minimum absolute atomic E-state index is 0.0997. The second kappa shape index (κ2) is 8.39. The summed E-state index contributed by atoms with van der Waals surface area (Å²) in [5.74, 6) is 3.70. The minimum atomic E-state index is 0.0997. The van der Waals surface area contributed by atoms with Crippen molar-refractivity contribution in [1.82, 2.24) is 24.9 Å². The first kappa shape index (κ1) is 21.1. The van der Waals surface area contributed by atoms with Crippen LogP contribution in [0.2, 0.25) is 5.15 Å². The Morgan fingerprint density at radius 2 is 2.00 bits per heavy atom. The standard InChI is InChI=1S/C24H23ClN6O3/c1-12-13-2-4-14(5-3-13)21(12)30-19-8-16(17-6-7-20(34-17)33-11-32)28-23(31-19)15-9-26-24-22(15)29-18(25)10-27-24/h6-14,21H,2-5H2,1H3,(H,26,27)(H,28,30,31)/t12-,13?,14?,21+/m0/s1. The van der Waals surface area contributed by atoms with Crippen LogP contribution in [0.5, 0.6) is 5.95 Å². The van der Waals surface area contributed by atoms with Crippen molar-refractivity contribution in [3.05, 3.63) is 35.7 Å². The number of rotatable bonds is 6. The number of hydrogen-bond acceptors (Lipinski definition) is 8. The fraction of sp³-hybridized carbons (Fsp3) is 0.375. The Hall–Kier alpha value is -3.46. The van der Waals surface area contributed by atoms with Crippen LogP contribution < -0.4 is 10.1 Å². The Bertz CT molecular complexity index is 1360. The Morgan fingerprint density at radius 3 is 2.79 bits per heavy atom. The first-order valence-electron chi connectivity index (χ1n) is 11.4. The minimum Gasteiger partial charge on any atom is -0.424 e. The van der Waals surface area contributed by atoms with Crippen molar-refractivity contribution in [3.8, 4) is 28.8 Å². The van der Waals surface area contributed by atoms with Gasteiger partial charge in [-0.1, -0.05) is 18.5 Å². The van der Waals surface area contributed by atoms with Crippen molar-refractivity contribution >= 4 is 35.1 Å². The van der Waals surface area contributed by atoms with Crippen molar-refractivity contribution in [3.63, 3.8) is 0 Å². The number of nitrogens with one attached hydrogen (secondary N) is 2. The third-order valence-corrected chi connectivity index (χ3v) is 7.45. The molecule has 0 radical (unpaired) electrons. The molecule has 0 aromatic carbocycles. The molecular weight excluding hydrogens is 456 g/mol. The molecule has 9 nitrogen and oxygen atoms in total. The molecule has 2 bridgehead atoms. The molecule has 4 aromatic rings. The zero-order chi connectivity index (χ0) is 23.2. The maximum Gasteiger partial charge on any atom is 0.300 e. The lowest BCUT2D eigenvalue weighted by Gasteiger charge is -2.47. The molecule has 0 amide bonds. The monoisotopic (exact) mass is 478 g/mol. The van der Waals surface area contributed by atoms with Gasteiger partial charge in [0.15, 0.2) is 17.2 Å². The highest BCUT2D eigenvalue weighted by Gasteiger charge is 2.41. The van der Waals surface area contributed by atoms with E-state index in [1.165, 1.54) is 31.9 Å². The summed E-state index contributed by atoms with van der Waals surface area (Å²) in [6.45, 7) is 2.67. The summed E-state index contributed by atoms with van der Waals surface area (Å²) in [5.41, 5.74) is 2.43. The van der Waals surface area contributed by atoms with Crippen LogP contribution in [-0.2, 0) is 4.79 Å². The molecule has 34 heavy (non-hydrogen) atoms. The number of carbonyl (C=O) groups excluding carboxylic acids is 1. The van der Waals surface area contributed by atoms with E-state index in [9.17, 15) is 4.79 Å². The second-order valence-electron chi connectivity index (χ2n) is 9.09. The summed E-state index contributed by atoms with van der Waals surface area (Å²) >= 11 is 6.11. The predicted octanol–water partition coefficient (Wildman–Crippen LogP) is 5.10. The molecule has 2 atom stereocenters. The topological polar surface area (TPSA) is 119 Å². The molecule has 3 fully saturated rings. The molecule has 4 heterocycles. The predicted molar refractivity (Wildman–Crippen MR) is 126 cm³/mol. The van der Waals surface area contributed by atoms with E-state index in [-0.39, 0.29) is 11.1 Å². The number of nitrogens with zero attached hydrogens (tertiary/aromatic N) is 4. The van der Waals surface area contributed by atoms with E-state index in [0.717, 1.165) is 5.92 Å². The smallest absolute Gasteiger partial charge is 0.300 e. The number of hydrogen-bond donors (Lipinski definition) is 2. The Morgan fingerprint density at radius 1 is 1.18 bits per heavy atom. The average molecular weight is 479 g/mol. The van der Waals surface area contributed by atoms with Gasteiger partial charge in [0, 0.05) is 24.4 Å². The number of anilines is 1. The number of halogens is 1. The first-order chi connectivity index (χ1) is 16.6. The van der Waals surface area contributed by atoms with Gasteiger partial charge < -0.3 is 19.5 Å². The molecule has 174 valence electrons. The van der Waals surface area contributed by atoms with Gasteiger partial charge in [-0.3, -0.25) is 4.79 Å². The normalized spacial score (nSPS) is 23.8. The third kappa shape index (κ3) is 3.69. The number of ether oxygens (including phenoxy) is 1. The van der Waals surface area contributed by atoms with Crippen molar-refractivity contribution in [2.24, 2.45) is 17.8 Å². The molecular formula is C24H23ClN6O3. The second-order valence-corrected chi connectivity index (χ2v) is 9.48. The number of aromatic amines is 1. The molecule has 3 saturated carbocycles. The van der Waals surface area contributed by atoms with Gasteiger partial charge in [-0.15, -0.1) is 0 Å². The average Bonchev–Trinajstić information content (AvgIpc) is 3.49. The van der Waals surface area contributed by atoms with E-state index in [4.69, 9.17) is 30.7 Å². The van der Waals surface area contributed by atoms with E-state index in [1.54, 1.807) is 18.3 Å². The highest BCUT2D eigenvalue weighted by atomic mass is 35.5. The number of H-pyrrole nitrogens is 1. The molecule has 0 spiro atoms. The van der Waals surface area contributed by atoms with Crippen LogP contribution in [0.3, 0.4) is 0 Å². The van der Waals surface area contributed by atoms with E-state index >= 15 is 0 Å². The molecule has 3 aliphatic rings. The van der Waals surface area contributed by atoms with Gasteiger partial charge >= 0.3 is 6.47 Å². The summed E-state index contributed by atoms with van der Waals surface area (Å²) in [4.78, 5) is 32.1. The van der Waals surface area contributed by atoms with Crippen molar-refractivity contribution in [2.75, 3.05) is 5.32 Å². The van der Waals surface area contributed by atoms with E-state index < -0.39 is 0 Å². The van der Waals surface area contributed by atoms with Crippen LogP contribution >= 0.6 is 11.6 Å². The van der Waals surface area contributed by atoms with Crippen LogP contribution in [0.1, 0.15) is 32.6 Å². The van der Waals surface area contributed by atoms with Gasteiger partial charge in [0.1, 0.15) is 22.2 Å². The first-order valence-corrected chi connectivity index (χ1v) is 11.8. The molecule has 4 aromatic heterocycles. The highest BCUT2D eigenvalue weighted by Crippen LogP contribution is 2.46. The van der Waals surface area contributed by atoms with Crippen LogP contribution in [0.25, 0.3) is 34.0 Å². The number of fused-ring (bicyclic) bond motifs is 4. The van der Waals surface area contributed by atoms with Gasteiger partial charge in [-0.05, 0) is 49.5 Å². The molecule has 3 aliphatic carbocycles. The van der Waals surface area contributed by atoms with E-state index in [2.05, 4.69) is 27.2 Å². The van der Waals surface area contributed by atoms with E-state index in [0.29, 0.717) is 64.2 Å². The quantitative estimate of drug-likeness (QED) is 0.367. The molecule has 0 saturated heterocycles. The van der Waals surface area contributed by atoms with Crippen molar-refractivity contribution in [1.29, 1.82) is 0 Å². The maximum absolute atomic E-state index is 10.7. The lowest BCUT2D eigenvalue weighted by Crippen LogP contribution is -2.47. The molecule has 0 aliphatic heterocycles. The van der Waals surface area contributed by atoms with Gasteiger partial charge in [-0.2, -0.15) is 0 Å². The van der Waals surface area contributed by atoms with Gasteiger partial charge in [0.25, 0.3) is 5.95 Å². The van der Waals surface area contributed by atoms with Crippen LogP contribution in [-0.4, -0.2) is 37.4 Å². The van der Waals surface area contributed by atoms with Crippen LogP contribution in [0, 0.1) is 17.8 Å². The lowest BCUT2D eigenvalue weighted by atomic mass is 9.62. The fourth-order valence-electron chi connectivity index (χ4n) is 5.55. The Kier molecular flexibility index (Phi) is 5.21. The SMILES string of the molecule is C[C@H]1C2CCC(CC2)[C@@H]1Nc1cc(-c2ccc(OC=O)o2)nc(-c2c[nH]c3ncc(Cl)nc23)n1. The highest BCUT2D eigenvalue weighted by molar-refractivity contribution is 6.29. The summed E-state index contributed by atoms with van der Waals surface area (Å²) in [6, 6.07) is 5.52. The lowest BCUT2D eigenvalue weighted by molar-refractivity contribution is -0.121. The summed E-state index contributed by atoms with van der Waals surface area (Å²) < 4.78 is 10.5. The fourth-order valence-corrected chi connectivity index (χ4v) is 5.68. The summed E-state index contributed by atoms with van der Waals surface area (Å²) in [6.07, 6.45) is 8.39. The third-order valence-electron chi connectivity index (χ3n) is 7.27. The molecule has 0 unspecified atom stereocenters.